The number of ether oxygens (including phenoxy) is 2. The van der Waals surface area contributed by atoms with Gasteiger partial charge in [-0.05, 0) is 18.2 Å². The van der Waals surface area contributed by atoms with Crippen LogP contribution < -0.4 is 4.74 Å². The fourth-order valence-electron chi connectivity index (χ4n) is 2.45. The van der Waals surface area contributed by atoms with Gasteiger partial charge in [0.15, 0.2) is 5.70 Å². The van der Waals surface area contributed by atoms with Crippen LogP contribution in [-0.2, 0) is 9.53 Å². The van der Waals surface area contributed by atoms with Crippen molar-refractivity contribution in [1.82, 2.24) is 0 Å². The third-order valence-electron chi connectivity index (χ3n) is 3.63. The van der Waals surface area contributed by atoms with Gasteiger partial charge in [-0.2, -0.15) is 0 Å². The summed E-state index contributed by atoms with van der Waals surface area (Å²) in [6.07, 6.45) is 1.15. The fourth-order valence-corrected chi connectivity index (χ4v) is 2.45. The van der Waals surface area contributed by atoms with Crippen LogP contribution in [0, 0.1) is 20.2 Å². The monoisotopic (exact) mass is 369 g/mol. The summed E-state index contributed by atoms with van der Waals surface area (Å²) >= 11 is 0. The van der Waals surface area contributed by atoms with Crippen LogP contribution in [0.5, 0.6) is 5.75 Å². The number of cyclic esters (lactones) is 1. The number of nitrogens with zero attached hydrogens (tertiary/aromatic N) is 3. The molecule has 2 aromatic carbocycles. The minimum atomic E-state index is -0.806. The average Bonchev–Trinajstić information content (AvgIpc) is 3.02. The van der Waals surface area contributed by atoms with Gasteiger partial charge in [0.05, 0.1) is 23.0 Å². The van der Waals surface area contributed by atoms with Crippen LogP contribution in [0.15, 0.2) is 53.2 Å². The van der Waals surface area contributed by atoms with Gasteiger partial charge in [-0.25, -0.2) is 9.79 Å². The van der Waals surface area contributed by atoms with Crippen LogP contribution in [-0.4, -0.2) is 28.8 Å². The quantitative estimate of drug-likeness (QED) is 0.342. The molecule has 0 saturated carbocycles. The van der Waals surface area contributed by atoms with Crippen molar-refractivity contribution in [3.05, 3.63) is 79.5 Å². The molecular weight excluding hydrogens is 358 g/mol. The highest BCUT2D eigenvalue weighted by atomic mass is 16.6. The van der Waals surface area contributed by atoms with E-state index in [4.69, 9.17) is 9.47 Å². The second-order valence-corrected chi connectivity index (χ2v) is 5.30. The molecule has 1 aliphatic heterocycles. The Morgan fingerprint density at radius 3 is 2.41 bits per heavy atom. The van der Waals surface area contributed by atoms with Crippen molar-refractivity contribution >= 4 is 29.3 Å². The molecule has 2 aromatic rings. The predicted octanol–water partition coefficient (Wildman–Crippen LogP) is 2.86. The number of nitro groups is 2. The van der Waals surface area contributed by atoms with E-state index in [1.165, 1.54) is 7.11 Å². The molecule has 10 heteroatoms. The Bertz CT molecular complexity index is 1010. The normalized spacial score (nSPS) is 14.6. The van der Waals surface area contributed by atoms with E-state index in [0.717, 1.165) is 18.2 Å². The minimum Gasteiger partial charge on any atom is -0.490 e. The molecule has 0 bridgehead atoms. The molecule has 0 atom stereocenters. The lowest BCUT2D eigenvalue weighted by atomic mass is 10.1. The first kappa shape index (κ1) is 17.7. The van der Waals surface area contributed by atoms with E-state index in [0.29, 0.717) is 5.56 Å². The van der Waals surface area contributed by atoms with Gasteiger partial charge in [-0.1, -0.05) is 18.2 Å². The number of hydrogen-bond acceptors (Lipinski definition) is 8. The Morgan fingerprint density at radius 1 is 1.11 bits per heavy atom. The topological polar surface area (TPSA) is 134 Å². The second kappa shape index (κ2) is 7.04. The van der Waals surface area contributed by atoms with Gasteiger partial charge >= 0.3 is 11.7 Å². The molecule has 0 radical (unpaired) electrons. The van der Waals surface area contributed by atoms with Crippen molar-refractivity contribution in [2.75, 3.05) is 7.11 Å². The largest absolute Gasteiger partial charge is 0.490 e. The fraction of sp³-hybridized carbons (Fsp3) is 0.0588. The van der Waals surface area contributed by atoms with Gasteiger partial charge in [0.1, 0.15) is 0 Å². The van der Waals surface area contributed by atoms with Crippen molar-refractivity contribution < 1.29 is 24.1 Å². The molecule has 27 heavy (non-hydrogen) atoms. The molecular formula is C17H11N3O7. The van der Waals surface area contributed by atoms with Crippen molar-refractivity contribution in [2.45, 2.75) is 0 Å². The number of non-ortho nitro benzene ring substituents is 1. The van der Waals surface area contributed by atoms with Crippen LogP contribution in [0.3, 0.4) is 0 Å². The lowest BCUT2D eigenvalue weighted by Gasteiger charge is -2.06. The molecule has 0 amide bonds. The van der Waals surface area contributed by atoms with Gasteiger partial charge < -0.3 is 9.47 Å². The van der Waals surface area contributed by atoms with Crippen LogP contribution >= 0.6 is 0 Å². The summed E-state index contributed by atoms with van der Waals surface area (Å²) in [4.78, 5) is 36.8. The Labute approximate surface area is 151 Å². The standard InChI is InChI=1S/C17H11N3O7/c1-26-15-11(7-12(19(22)23)9-14(15)20(24)25)8-13-17(21)27-16(18-13)10-5-3-2-4-6-10/h2-9H,1H3. The smallest absolute Gasteiger partial charge is 0.363 e. The number of aliphatic imine (C=N–C) groups is 1. The third-order valence-corrected chi connectivity index (χ3v) is 3.63. The maximum atomic E-state index is 12.1. The van der Waals surface area contributed by atoms with Gasteiger partial charge in [0, 0.05) is 17.2 Å². The van der Waals surface area contributed by atoms with E-state index >= 15 is 0 Å². The Kier molecular flexibility index (Phi) is 4.62. The number of carbonyl (C=O) groups is 1. The van der Waals surface area contributed by atoms with Crippen molar-refractivity contribution in [3.8, 4) is 5.75 Å². The zero-order chi connectivity index (χ0) is 19.6. The van der Waals surface area contributed by atoms with E-state index in [9.17, 15) is 25.0 Å². The maximum Gasteiger partial charge on any atom is 0.363 e. The number of carbonyl (C=O) groups excluding carboxylic acids is 1. The van der Waals surface area contributed by atoms with E-state index in [1.807, 2.05) is 0 Å². The molecule has 0 N–H and O–H groups in total. The Morgan fingerprint density at radius 2 is 1.81 bits per heavy atom. The van der Waals surface area contributed by atoms with Crippen LogP contribution in [0.25, 0.3) is 6.08 Å². The first-order valence-corrected chi connectivity index (χ1v) is 7.49. The summed E-state index contributed by atoms with van der Waals surface area (Å²) in [5, 5.41) is 22.3. The van der Waals surface area contributed by atoms with E-state index < -0.39 is 27.2 Å². The first-order valence-electron chi connectivity index (χ1n) is 7.49. The number of rotatable bonds is 5. The van der Waals surface area contributed by atoms with Gasteiger partial charge in [-0.15, -0.1) is 0 Å². The lowest BCUT2D eigenvalue weighted by molar-refractivity contribution is -0.394. The molecule has 0 unspecified atom stereocenters. The lowest BCUT2D eigenvalue weighted by Crippen LogP contribution is -2.05. The van der Waals surface area contributed by atoms with Crippen LogP contribution in [0.4, 0.5) is 11.4 Å². The number of hydrogen-bond donors (Lipinski definition) is 0. The Balaban J connectivity index is 2.13. The van der Waals surface area contributed by atoms with Crippen LogP contribution in [0.1, 0.15) is 11.1 Å². The highest BCUT2D eigenvalue weighted by Crippen LogP contribution is 2.37. The number of methoxy groups -OCH3 is 1. The zero-order valence-electron chi connectivity index (χ0n) is 13.8. The predicted molar refractivity (Wildman–Crippen MR) is 93.4 cm³/mol. The number of benzene rings is 2. The number of esters is 1. The summed E-state index contributed by atoms with van der Waals surface area (Å²) in [6.45, 7) is 0. The molecule has 1 aliphatic rings. The summed E-state index contributed by atoms with van der Waals surface area (Å²) in [7, 11) is 1.18. The summed E-state index contributed by atoms with van der Waals surface area (Å²) in [6, 6.07) is 10.5. The van der Waals surface area contributed by atoms with Crippen molar-refractivity contribution in [2.24, 2.45) is 4.99 Å². The summed E-state index contributed by atoms with van der Waals surface area (Å²) < 4.78 is 10.1. The molecule has 0 fully saturated rings. The second-order valence-electron chi connectivity index (χ2n) is 5.30. The van der Waals surface area contributed by atoms with Crippen LogP contribution in [0.2, 0.25) is 0 Å². The molecule has 0 aromatic heterocycles. The maximum absolute atomic E-state index is 12.1. The van der Waals surface area contributed by atoms with Gasteiger partial charge in [0.2, 0.25) is 11.6 Å². The van der Waals surface area contributed by atoms with E-state index in [1.54, 1.807) is 30.3 Å². The first-order chi connectivity index (χ1) is 12.9. The zero-order valence-corrected chi connectivity index (χ0v) is 13.8. The molecule has 136 valence electrons. The van der Waals surface area contributed by atoms with E-state index in [-0.39, 0.29) is 22.9 Å². The van der Waals surface area contributed by atoms with Crippen molar-refractivity contribution in [3.63, 3.8) is 0 Å². The highest BCUT2D eigenvalue weighted by Gasteiger charge is 2.28. The van der Waals surface area contributed by atoms with Crippen molar-refractivity contribution in [1.29, 1.82) is 0 Å². The SMILES string of the molecule is COc1c(C=C2N=C(c3ccccc3)OC2=O)cc([N+](=O)[O-])cc1[N+](=O)[O-]. The highest BCUT2D eigenvalue weighted by molar-refractivity contribution is 6.13. The molecule has 0 aliphatic carbocycles. The summed E-state index contributed by atoms with van der Waals surface area (Å²) in [5.74, 6) is -0.954. The Hall–Kier alpha value is -4.08. The minimum absolute atomic E-state index is 0.0385. The van der Waals surface area contributed by atoms with E-state index in [2.05, 4.69) is 4.99 Å². The number of nitro benzene ring substituents is 2. The molecule has 0 saturated heterocycles. The molecule has 0 spiro atoms. The van der Waals surface area contributed by atoms with Gasteiger partial charge in [0.25, 0.3) is 5.69 Å². The summed E-state index contributed by atoms with van der Waals surface area (Å²) in [5.41, 5.74) is -0.762. The molecule has 1 heterocycles. The third kappa shape index (κ3) is 3.49. The molecule has 10 nitrogen and oxygen atoms in total. The average molecular weight is 369 g/mol. The molecule has 3 rings (SSSR count). The van der Waals surface area contributed by atoms with Gasteiger partial charge in [-0.3, -0.25) is 20.2 Å².